The van der Waals surface area contributed by atoms with Crippen molar-refractivity contribution in [1.82, 2.24) is 10.1 Å². The molecule has 29 heavy (non-hydrogen) atoms. The van der Waals surface area contributed by atoms with E-state index in [4.69, 9.17) is 23.9 Å². The molecule has 2 saturated carbocycles. The molecule has 1 aliphatic heterocycles. The van der Waals surface area contributed by atoms with Gasteiger partial charge in [0, 0.05) is 31.3 Å². The van der Waals surface area contributed by atoms with Gasteiger partial charge in [0.2, 0.25) is 0 Å². The molecule has 0 unspecified atom stereocenters. The van der Waals surface area contributed by atoms with E-state index in [1.165, 1.54) is 24.8 Å². The average Bonchev–Trinajstić information content (AvgIpc) is 3.32. The largest absolute Gasteiger partial charge is 0.490 e. The first-order chi connectivity index (χ1) is 13.7. The number of hydrogen-bond acceptors (Lipinski definition) is 6. The van der Waals surface area contributed by atoms with Crippen molar-refractivity contribution < 1.29 is 37.1 Å². The first-order valence-electron chi connectivity index (χ1n) is 9.86. The first kappa shape index (κ1) is 22.0. The fraction of sp³-hybridized carbons (Fsp3) is 0.789. The van der Waals surface area contributed by atoms with Crippen molar-refractivity contribution >= 4 is 5.97 Å². The minimum absolute atomic E-state index is 0.243. The van der Waals surface area contributed by atoms with Gasteiger partial charge in [-0.1, -0.05) is 5.16 Å². The van der Waals surface area contributed by atoms with E-state index in [0.717, 1.165) is 50.1 Å². The smallest absolute Gasteiger partial charge is 0.475 e. The maximum Gasteiger partial charge on any atom is 0.490 e. The van der Waals surface area contributed by atoms with Crippen molar-refractivity contribution in [3.8, 4) is 0 Å². The minimum atomic E-state index is -5.08. The zero-order valence-electron chi connectivity index (χ0n) is 16.6. The Morgan fingerprint density at radius 2 is 1.97 bits per heavy atom. The highest BCUT2D eigenvalue weighted by atomic mass is 19.4. The van der Waals surface area contributed by atoms with Crippen LogP contribution >= 0.6 is 0 Å². The lowest BCUT2D eigenvalue weighted by atomic mass is 10.1. The predicted molar refractivity (Wildman–Crippen MR) is 95.3 cm³/mol. The van der Waals surface area contributed by atoms with Crippen LogP contribution in [0.5, 0.6) is 0 Å². The van der Waals surface area contributed by atoms with Gasteiger partial charge in [-0.2, -0.15) is 13.2 Å². The maximum atomic E-state index is 10.6. The average molecular weight is 420 g/mol. The Bertz CT molecular complexity index is 685. The molecule has 0 aromatic carbocycles. The molecule has 3 aliphatic rings. The van der Waals surface area contributed by atoms with E-state index < -0.39 is 12.1 Å². The predicted octanol–water partition coefficient (Wildman–Crippen LogP) is 3.08. The third-order valence-electron chi connectivity index (χ3n) is 5.68. The number of aliphatic carboxylic acids is 1. The number of fused-ring (bicyclic) bond motifs is 1. The second kappa shape index (κ2) is 9.01. The van der Waals surface area contributed by atoms with Crippen LogP contribution in [-0.2, 0) is 20.8 Å². The first-order valence-corrected chi connectivity index (χ1v) is 9.86. The summed E-state index contributed by atoms with van der Waals surface area (Å²) in [5.41, 5.74) is 2.25. The van der Waals surface area contributed by atoms with E-state index in [-0.39, 0.29) is 12.2 Å². The van der Waals surface area contributed by atoms with Crippen LogP contribution in [-0.4, -0.2) is 65.3 Å². The number of morpholine rings is 1. The van der Waals surface area contributed by atoms with Crippen molar-refractivity contribution in [2.45, 2.75) is 70.5 Å². The highest BCUT2D eigenvalue weighted by Gasteiger charge is 2.44. The molecular formula is C19H27F3N2O5. The number of aromatic nitrogens is 1. The highest BCUT2D eigenvalue weighted by Crippen LogP contribution is 2.36. The monoisotopic (exact) mass is 420 g/mol. The molecule has 10 heteroatoms. The van der Waals surface area contributed by atoms with E-state index in [1.54, 1.807) is 0 Å². The number of carbonyl (C=O) groups is 1. The molecule has 4 rings (SSSR count). The van der Waals surface area contributed by atoms with Gasteiger partial charge in [0.05, 0.1) is 24.5 Å². The molecule has 0 spiro atoms. The van der Waals surface area contributed by atoms with Crippen LogP contribution in [0.3, 0.4) is 0 Å². The molecule has 1 aromatic rings. The molecule has 2 aliphatic carbocycles. The Labute approximate surface area is 167 Å². The number of aryl methyl sites for hydroxylation is 2. The molecule has 7 nitrogen and oxygen atoms in total. The van der Waals surface area contributed by atoms with Gasteiger partial charge in [-0.15, -0.1) is 0 Å². The molecule has 0 radical (unpaired) electrons. The van der Waals surface area contributed by atoms with Crippen molar-refractivity contribution in [2.75, 3.05) is 19.8 Å². The van der Waals surface area contributed by atoms with Gasteiger partial charge in [0.1, 0.15) is 5.76 Å². The van der Waals surface area contributed by atoms with Crippen molar-refractivity contribution in [3.63, 3.8) is 0 Å². The van der Waals surface area contributed by atoms with Crippen LogP contribution in [0.2, 0.25) is 0 Å². The number of hydrogen-bond donors (Lipinski definition) is 1. The molecule has 1 N–H and O–H groups in total. The van der Waals surface area contributed by atoms with Crippen LogP contribution in [0.15, 0.2) is 4.52 Å². The summed E-state index contributed by atoms with van der Waals surface area (Å²) in [6.07, 6.45) is 0.439. The van der Waals surface area contributed by atoms with E-state index in [2.05, 4.69) is 10.1 Å². The van der Waals surface area contributed by atoms with Gasteiger partial charge in [0.25, 0.3) is 0 Å². The number of carboxylic acid groups (broad SMARTS) is 1. The molecule has 0 bridgehead atoms. The van der Waals surface area contributed by atoms with Crippen LogP contribution < -0.4 is 0 Å². The number of alkyl halides is 3. The number of carboxylic acids is 1. The second-order valence-corrected chi connectivity index (χ2v) is 7.87. The fourth-order valence-electron chi connectivity index (χ4n) is 3.84. The Morgan fingerprint density at radius 1 is 1.28 bits per heavy atom. The van der Waals surface area contributed by atoms with Gasteiger partial charge < -0.3 is 19.1 Å². The van der Waals surface area contributed by atoms with Crippen LogP contribution in [0.4, 0.5) is 13.2 Å². The Morgan fingerprint density at radius 3 is 2.52 bits per heavy atom. The van der Waals surface area contributed by atoms with Crippen LogP contribution in [0.25, 0.3) is 0 Å². The van der Waals surface area contributed by atoms with E-state index in [1.807, 2.05) is 13.8 Å². The minimum Gasteiger partial charge on any atom is -0.475 e. The summed E-state index contributed by atoms with van der Waals surface area (Å²) in [6.45, 7) is 7.67. The van der Waals surface area contributed by atoms with E-state index >= 15 is 0 Å². The third kappa shape index (κ3) is 5.70. The summed E-state index contributed by atoms with van der Waals surface area (Å²) < 4.78 is 49.3. The Hall–Kier alpha value is -1.65. The quantitative estimate of drug-likeness (QED) is 0.784. The van der Waals surface area contributed by atoms with Gasteiger partial charge in [0.15, 0.2) is 0 Å². The third-order valence-corrected chi connectivity index (χ3v) is 5.68. The highest BCUT2D eigenvalue weighted by molar-refractivity contribution is 5.73. The van der Waals surface area contributed by atoms with Gasteiger partial charge in [-0.3, -0.25) is 4.90 Å². The topological polar surface area (TPSA) is 85.0 Å². The fourth-order valence-corrected chi connectivity index (χ4v) is 3.84. The molecule has 1 saturated heterocycles. The van der Waals surface area contributed by atoms with Crippen molar-refractivity contribution in [1.29, 1.82) is 0 Å². The molecule has 0 amide bonds. The molecular weight excluding hydrogens is 393 g/mol. The van der Waals surface area contributed by atoms with Gasteiger partial charge in [-0.05, 0) is 45.4 Å². The summed E-state index contributed by atoms with van der Waals surface area (Å²) >= 11 is 0. The van der Waals surface area contributed by atoms with E-state index in [0.29, 0.717) is 6.04 Å². The lowest BCUT2D eigenvalue weighted by Crippen LogP contribution is -2.51. The van der Waals surface area contributed by atoms with Crippen molar-refractivity contribution in [3.05, 3.63) is 17.0 Å². The zero-order chi connectivity index (χ0) is 21.2. The normalized spacial score (nSPS) is 27.3. The van der Waals surface area contributed by atoms with Crippen LogP contribution in [0, 0.1) is 19.8 Å². The Balaban J connectivity index is 0.000000298. The van der Waals surface area contributed by atoms with Crippen molar-refractivity contribution in [2.24, 2.45) is 5.92 Å². The lowest BCUT2D eigenvalue weighted by Gasteiger charge is -2.39. The summed E-state index contributed by atoms with van der Waals surface area (Å²) in [5, 5.41) is 11.2. The standard InChI is InChI=1S/C17H26N2O3.C2HF3O2/c1-11-14(12(2)22-18-11)9-19-7-8-20-17-15(19)5-6-16(17)21-10-13-3-4-13;3-2(4,5)1(6)7/h13,15-17H,3-10H2,1-2H3;(H,6,7)/t15-,16-,17+;/m0./s1. The van der Waals surface area contributed by atoms with Gasteiger partial charge in [-0.25, -0.2) is 4.79 Å². The molecule has 2 heterocycles. The number of halogens is 3. The second-order valence-electron chi connectivity index (χ2n) is 7.87. The molecule has 164 valence electrons. The molecule has 3 atom stereocenters. The summed E-state index contributed by atoms with van der Waals surface area (Å²) in [6, 6.07) is 0.478. The summed E-state index contributed by atoms with van der Waals surface area (Å²) in [4.78, 5) is 11.4. The van der Waals surface area contributed by atoms with E-state index in [9.17, 15) is 13.2 Å². The number of rotatable bonds is 5. The Kier molecular flexibility index (Phi) is 6.85. The summed E-state index contributed by atoms with van der Waals surface area (Å²) in [7, 11) is 0. The molecule has 3 fully saturated rings. The number of nitrogens with zero attached hydrogens (tertiary/aromatic N) is 2. The van der Waals surface area contributed by atoms with Crippen LogP contribution in [0.1, 0.15) is 42.7 Å². The lowest BCUT2D eigenvalue weighted by molar-refractivity contribution is -0.192. The summed E-state index contributed by atoms with van der Waals surface area (Å²) in [5.74, 6) is -0.992. The maximum absolute atomic E-state index is 10.6. The number of ether oxygens (including phenoxy) is 2. The zero-order valence-corrected chi connectivity index (χ0v) is 16.6. The molecule has 1 aromatic heterocycles. The SMILES string of the molecule is Cc1noc(C)c1CN1CCO[C@H]2[C@@H](OCC3CC3)CC[C@@H]21.O=C(O)C(F)(F)F. The van der Waals surface area contributed by atoms with Gasteiger partial charge >= 0.3 is 12.1 Å².